The smallest absolute Gasteiger partial charge is 0.144 e. The molecule has 0 atom stereocenters. The number of hydrogen-bond donors (Lipinski definition) is 0. The molecule has 1 heterocycles. The second-order valence-corrected chi connectivity index (χ2v) is 5.05. The molecule has 1 aromatic heterocycles. The molecule has 22 heavy (non-hydrogen) atoms. The van der Waals surface area contributed by atoms with Gasteiger partial charge in [0.1, 0.15) is 11.4 Å². The summed E-state index contributed by atoms with van der Waals surface area (Å²) in [6, 6.07) is 20.1. The molecule has 0 aliphatic heterocycles. The van der Waals surface area contributed by atoms with Gasteiger partial charge in [-0.2, -0.15) is 0 Å². The van der Waals surface area contributed by atoms with E-state index in [1.165, 1.54) is 5.69 Å². The average molecular weight is 290 g/mol. The van der Waals surface area contributed by atoms with Crippen LogP contribution in [-0.2, 0) is 0 Å². The molecule has 0 N–H and O–H groups in total. The molecule has 0 amide bonds. The van der Waals surface area contributed by atoms with Crippen molar-refractivity contribution >= 4 is 11.9 Å². The largest absolute Gasteiger partial charge is 0.494 e. The highest BCUT2D eigenvalue weighted by molar-refractivity contribution is 5.83. The van der Waals surface area contributed by atoms with E-state index in [0.717, 1.165) is 22.7 Å². The number of rotatable bonds is 4. The third-order valence-electron chi connectivity index (χ3n) is 3.51. The summed E-state index contributed by atoms with van der Waals surface area (Å²) in [5.41, 5.74) is 4.21. The average Bonchev–Trinajstić information content (AvgIpc) is 2.95. The summed E-state index contributed by atoms with van der Waals surface area (Å²) in [6.07, 6.45) is 3.95. The van der Waals surface area contributed by atoms with Crippen molar-refractivity contribution in [2.75, 3.05) is 7.11 Å². The van der Waals surface area contributed by atoms with Crippen molar-refractivity contribution in [3.05, 3.63) is 78.1 Å². The second-order valence-electron chi connectivity index (χ2n) is 5.05. The Morgan fingerprint density at radius 2 is 1.73 bits per heavy atom. The topological polar surface area (TPSA) is 26.5 Å². The number of benzene rings is 2. The Morgan fingerprint density at radius 3 is 2.50 bits per heavy atom. The lowest BCUT2D eigenvalue weighted by Crippen LogP contribution is -1.93. The third-order valence-corrected chi connectivity index (χ3v) is 3.51. The number of para-hydroxylation sites is 3. The fraction of sp³-hybridized carbons (Fsp3) is 0.105. The van der Waals surface area contributed by atoms with Crippen molar-refractivity contribution in [3.8, 4) is 11.4 Å². The van der Waals surface area contributed by atoms with E-state index < -0.39 is 0 Å². The zero-order valence-corrected chi connectivity index (χ0v) is 12.7. The Bertz CT molecular complexity index is 788. The second kappa shape index (κ2) is 6.31. The molecule has 0 saturated heterocycles. The first-order chi connectivity index (χ1) is 10.8. The number of methoxy groups -OCH3 is 1. The van der Waals surface area contributed by atoms with Gasteiger partial charge >= 0.3 is 0 Å². The van der Waals surface area contributed by atoms with Crippen LogP contribution in [0.15, 0.2) is 71.9 Å². The maximum atomic E-state index is 5.31. The van der Waals surface area contributed by atoms with E-state index in [-0.39, 0.29) is 0 Å². The van der Waals surface area contributed by atoms with Crippen LogP contribution in [0.5, 0.6) is 5.75 Å². The predicted molar refractivity (Wildman–Crippen MR) is 90.8 cm³/mol. The van der Waals surface area contributed by atoms with E-state index in [0.29, 0.717) is 0 Å². The molecule has 0 radical (unpaired) electrons. The van der Waals surface area contributed by atoms with Crippen molar-refractivity contribution in [3.63, 3.8) is 0 Å². The number of nitrogens with zero attached hydrogens (tertiary/aromatic N) is 2. The first-order valence-electron chi connectivity index (χ1n) is 7.19. The number of aromatic nitrogens is 1. The molecule has 110 valence electrons. The Hall–Kier alpha value is -2.81. The highest BCUT2D eigenvalue weighted by atomic mass is 16.5. The minimum Gasteiger partial charge on any atom is -0.494 e. The van der Waals surface area contributed by atoms with Gasteiger partial charge < -0.3 is 9.30 Å². The third kappa shape index (κ3) is 2.93. The summed E-state index contributed by atoms with van der Waals surface area (Å²) in [5.74, 6) is 0.776. The number of aryl methyl sites for hydroxylation is 1. The molecule has 0 saturated carbocycles. The molecule has 0 bridgehead atoms. The standard InChI is InChI=1S/C19H18N2O/c1-15-12-16(14-21(15)17-8-4-3-5-9-17)13-20-18-10-6-7-11-19(18)22-2/h3-14H,1-2H3. The van der Waals surface area contributed by atoms with Gasteiger partial charge in [0.15, 0.2) is 0 Å². The van der Waals surface area contributed by atoms with Crippen molar-refractivity contribution in [1.82, 2.24) is 4.57 Å². The molecule has 3 rings (SSSR count). The molecule has 2 aromatic carbocycles. The van der Waals surface area contributed by atoms with Crippen LogP contribution in [0, 0.1) is 6.92 Å². The highest BCUT2D eigenvalue weighted by Crippen LogP contribution is 2.26. The Kier molecular flexibility index (Phi) is 4.05. The summed E-state index contributed by atoms with van der Waals surface area (Å²) in [7, 11) is 1.66. The molecular formula is C19H18N2O. The monoisotopic (exact) mass is 290 g/mol. The quantitative estimate of drug-likeness (QED) is 0.648. The molecule has 3 nitrogen and oxygen atoms in total. The van der Waals surface area contributed by atoms with Gasteiger partial charge in [-0.25, -0.2) is 0 Å². The van der Waals surface area contributed by atoms with E-state index in [4.69, 9.17) is 4.74 Å². The minimum absolute atomic E-state index is 0.776. The molecular weight excluding hydrogens is 272 g/mol. The first-order valence-corrected chi connectivity index (χ1v) is 7.19. The molecule has 0 spiro atoms. The Morgan fingerprint density at radius 1 is 1.00 bits per heavy atom. The van der Waals surface area contributed by atoms with E-state index in [1.54, 1.807) is 7.11 Å². The van der Waals surface area contributed by atoms with Gasteiger partial charge in [0, 0.05) is 29.4 Å². The Balaban J connectivity index is 1.89. The van der Waals surface area contributed by atoms with Crippen LogP contribution in [0.4, 0.5) is 5.69 Å². The number of hydrogen-bond acceptors (Lipinski definition) is 2. The van der Waals surface area contributed by atoms with Crippen LogP contribution >= 0.6 is 0 Å². The van der Waals surface area contributed by atoms with Crippen molar-refractivity contribution in [2.45, 2.75) is 6.92 Å². The molecule has 3 heteroatoms. The SMILES string of the molecule is COc1ccccc1N=Cc1cc(C)n(-c2ccccc2)c1. The van der Waals surface area contributed by atoms with Crippen molar-refractivity contribution in [2.24, 2.45) is 4.99 Å². The lowest BCUT2D eigenvalue weighted by molar-refractivity contribution is 0.416. The maximum Gasteiger partial charge on any atom is 0.144 e. The van der Waals surface area contributed by atoms with Gasteiger partial charge in [-0.3, -0.25) is 4.99 Å². The Labute approximate surface area is 130 Å². The molecule has 0 fully saturated rings. The lowest BCUT2D eigenvalue weighted by Gasteiger charge is -2.04. The minimum atomic E-state index is 0.776. The number of ether oxygens (including phenoxy) is 1. The summed E-state index contributed by atoms with van der Waals surface area (Å²) in [4.78, 5) is 4.53. The predicted octanol–water partition coefficient (Wildman–Crippen LogP) is 4.54. The summed E-state index contributed by atoms with van der Waals surface area (Å²) in [5, 5.41) is 0. The summed E-state index contributed by atoms with van der Waals surface area (Å²) < 4.78 is 7.47. The normalized spacial score (nSPS) is 11.0. The van der Waals surface area contributed by atoms with E-state index in [2.05, 4.69) is 40.9 Å². The zero-order chi connectivity index (χ0) is 15.4. The summed E-state index contributed by atoms with van der Waals surface area (Å²) >= 11 is 0. The van der Waals surface area contributed by atoms with Crippen LogP contribution in [0.1, 0.15) is 11.3 Å². The van der Waals surface area contributed by atoms with Gasteiger partial charge in [-0.1, -0.05) is 30.3 Å². The van der Waals surface area contributed by atoms with Crippen molar-refractivity contribution in [1.29, 1.82) is 0 Å². The van der Waals surface area contributed by atoms with Gasteiger partial charge in [-0.15, -0.1) is 0 Å². The molecule has 0 unspecified atom stereocenters. The van der Waals surface area contributed by atoms with Gasteiger partial charge in [0.05, 0.1) is 7.11 Å². The van der Waals surface area contributed by atoms with Crippen LogP contribution < -0.4 is 4.74 Å². The lowest BCUT2D eigenvalue weighted by atomic mass is 10.3. The van der Waals surface area contributed by atoms with Gasteiger partial charge in [-0.05, 0) is 37.3 Å². The van der Waals surface area contributed by atoms with E-state index in [1.807, 2.05) is 48.7 Å². The van der Waals surface area contributed by atoms with Crippen LogP contribution in [0.2, 0.25) is 0 Å². The van der Waals surface area contributed by atoms with E-state index in [9.17, 15) is 0 Å². The van der Waals surface area contributed by atoms with Crippen molar-refractivity contribution < 1.29 is 4.74 Å². The molecule has 3 aromatic rings. The van der Waals surface area contributed by atoms with Crippen LogP contribution in [0.3, 0.4) is 0 Å². The first kappa shape index (κ1) is 14.1. The van der Waals surface area contributed by atoms with E-state index >= 15 is 0 Å². The maximum absolute atomic E-state index is 5.31. The van der Waals surface area contributed by atoms with Gasteiger partial charge in [0.2, 0.25) is 0 Å². The van der Waals surface area contributed by atoms with Gasteiger partial charge in [0.25, 0.3) is 0 Å². The fourth-order valence-electron chi connectivity index (χ4n) is 2.42. The number of aliphatic imine (C=N–C) groups is 1. The molecule has 0 aliphatic carbocycles. The molecule has 0 aliphatic rings. The zero-order valence-electron chi connectivity index (χ0n) is 12.7. The van der Waals surface area contributed by atoms with Crippen LogP contribution in [0.25, 0.3) is 5.69 Å². The summed E-state index contributed by atoms with van der Waals surface area (Å²) in [6.45, 7) is 2.09. The van der Waals surface area contributed by atoms with Crippen LogP contribution in [-0.4, -0.2) is 17.9 Å². The fourth-order valence-corrected chi connectivity index (χ4v) is 2.42. The highest BCUT2D eigenvalue weighted by Gasteiger charge is 2.03.